The molecule has 1 aromatic heterocycles. The molecule has 1 aliphatic rings. The second-order valence-corrected chi connectivity index (χ2v) is 8.25. The normalized spacial score (nSPS) is 13.7. The second-order valence-electron chi connectivity index (χ2n) is 8.25. The van der Waals surface area contributed by atoms with Crippen LogP contribution in [0.3, 0.4) is 0 Å². The lowest BCUT2D eigenvalue weighted by Crippen LogP contribution is -2.10. The number of halogens is 3. The Labute approximate surface area is 198 Å². The third-order valence-electron chi connectivity index (χ3n) is 5.96. The predicted molar refractivity (Wildman–Crippen MR) is 129 cm³/mol. The van der Waals surface area contributed by atoms with E-state index in [0.717, 1.165) is 22.5 Å². The van der Waals surface area contributed by atoms with Gasteiger partial charge >= 0.3 is 12.1 Å². The first-order chi connectivity index (χ1) is 16.8. The highest BCUT2D eigenvalue weighted by Crippen LogP contribution is 2.38. The van der Waals surface area contributed by atoms with Gasteiger partial charge in [0.1, 0.15) is 0 Å². The molecule has 0 spiro atoms. The summed E-state index contributed by atoms with van der Waals surface area (Å²) in [7, 11) is 0. The number of benzene rings is 3. The highest BCUT2D eigenvalue weighted by molar-refractivity contribution is 6.18. The van der Waals surface area contributed by atoms with E-state index in [9.17, 15) is 18.0 Å². The quantitative estimate of drug-likeness (QED) is 0.369. The lowest BCUT2D eigenvalue weighted by molar-refractivity contribution is -0.138. The van der Waals surface area contributed by atoms with E-state index < -0.39 is 17.7 Å². The Kier molecular flexibility index (Phi) is 5.72. The molecule has 0 saturated carbocycles. The summed E-state index contributed by atoms with van der Waals surface area (Å²) >= 11 is 0. The van der Waals surface area contributed by atoms with Crippen LogP contribution in [0.2, 0.25) is 0 Å². The van der Waals surface area contributed by atoms with E-state index in [-0.39, 0.29) is 18.5 Å². The van der Waals surface area contributed by atoms with Gasteiger partial charge in [0.15, 0.2) is 5.84 Å². The highest BCUT2D eigenvalue weighted by Gasteiger charge is 2.34. The fourth-order valence-electron chi connectivity index (χ4n) is 4.24. The fourth-order valence-corrected chi connectivity index (χ4v) is 4.24. The zero-order valence-corrected chi connectivity index (χ0v) is 18.5. The molecule has 0 radical (unpaired) electrons. The number of carbonyl (C=O) groups is 1. The van der Waals surface area contributed by atoms with Crippen LogP contribution in [0.5, 0.6) is 0 Å². The summed E-state index contributed by atoms with van der Waals surface area (Å²) in [5, 5.41) is 9.86. The van der Waals surface area contributed by atoms with E-state index in [1.807, 2.05) is 35.0 Å². The molecule has 0 amide bonds. The van der Waals surface area contributed by atoms with Gasteiger partial charge in [0, 0.05) is 29.2 Å². The average Bonchev–Trinajstić information content (AvgIpc) is 3.49. The number of amidine groups is 1. The SMILES string of the molecule is O=C(O)CCn1ccc2cc(C3=NCC(c4ccc(C(F)(F)F)c(-c5ccccc5)c4)=N3)ccc21. The van der Waals surface area contributed by atoms with Gasteiger partial charge in [0.2, 0.25) is 0 Å². The first-order valence-electron chi connectivity index (χ1n) is 11.0. The maximum Gasteiger partial charge on any atom is 0.417 e. The van der Waals surface area contributed by atoms with Crippen LogP contribution in [-0.2, 0) is 17.5 Å². The van der Waals surface area contributed by atoms with Gasteiger partial charge in [-0.25, -0.2) is 4.99 Å². The van der Waals surface area contributed by atoms with Crippen molar-refractivity contribution in [1.29, 1.82) is 0 Å². The number of carboxylic acids is 1. The number of hydrogen-bond acceptors (Lipinski definition) is 3. The minimum atomic E-state index is -4.47. The molecular weight excluding hydrogens is 455 g/mol. The number of carboxylic acid groups (broad SMARTS) is 1. The van der Waals surface area contributed by atoms with Crippen LogP contribution in [0.4, 0.5) is 13.2 Å². The molecule has 2 heterocycles. The first kappa shape index (κ1) is 22.6. The van der Waals surface area contributed by atoms with Gasteiger partial charge < -0.3 is 9.67 Å². The fraction of sp³-hybridized carbons (Fsp3) is 0.148. The molecule has 0 bridgehead atoms. The van der Waals surface area contributed by atoms with E-state index in [0.29, 0.717) is 29.2 Å². The second kappa shape index (κ2) is 8.87. The number of aliphatic carboxylic acids is 1. The summed E-state index contributed by atoms with van der Waals surface area (Å²) in [4.78, 5) is 20.0. The Morgan fingerprint density at radius 3 is 2.46 bits per heavy atom. The largest absolute Gasteiger partial charge is 0.481 e. The molecule has 1 N–H and O–H groups in total. The first-order valence-corrected chi connectivity index (χ1v) is 11.0. The van der Waals surface area contributed by atoms with Crippen molar-refractivity contribution >= 4 is 28.4 Å². The smallest absolute Gasteiger partial charge is 0.417 e. The van der Waals surface area contributed by atoms with Crippen LogP contribution in [0, 0.1) is 0 Å². The summed E-state index contributed by atoms with van der Waals surface area (Å²) < 4.78 is 42.9. The van der Waals surface area contributed by atoms with Crippen molar-refractivity contribution in [1.82, 2.24) is 4.57 Å². The monoisotopic (exact) mass is 475 g/mol. The van der Waals surface area contributed by atoms with Crippen LogP contribution in [-0.4, -0.2) is 33.7 Å². The molecule has 4 aromatic rings. The molecule has 0 aliphatic carbocycles. The van der Waals surface area contributed by atoms with Crippen LogP contribution < -0.4 is 0 Å². The number of alkyl halides is 3. The number of nitrogens with zero attached hydrogens (tertiary/aromatic N) is 3. The predicted octanol–water partition coefficient (Wildman–Crippen LogP) is 6.05. The van der Waals surface area contributed by atoms with Gasteiger partial charge in [-0.15, -0.1) is 0 Å². The molecule has 5 rings (SSSR count). The van der Waals surface area contributed by atoms with Crippen molar-refractivity contribution in [2.24, 2.45) is 9.98 Å². The maximum absolute atomic E-state index is 13.7. The third kappa shape index (κ3) is 4.59. The van der Waals surface area contributed by atoms with Crippen LogP contribution in [0.25, 0.3) is 22.0 Å². The lowest BCUT2D eigenvalue weighted by atomic mass is 9.95. The minimum absolute atomic E-state index is 0.0317. The van der Waals surface area contributed by atoms with E-state index >= 15 is 0 Å². The molecule has 0 atom stereocenters. The summed E-state index contributed by atoms with van der Waals surface area (Å²) in [5.41, 5.74) is 2.80. The van der Waals surface area contributed by atoms with Crippen molar-refractivity contribution in [3.63, 3.8) is 0 Å². The molecule has 176 valence electrons. The number of aromatic nitrogens is 1. The molecule has 0 unspecified atom stereocenters. The van der Waals surface area contributed by atoms with Gasteiger partial charge in [-0.2, -0.15) is 13.2 Å². The number of rotatable bonds is 6. The van der Waals surface area contributed by atoms with Gasteiger partial charge in [-0.1, -0.05) is 36.4 Å². The molecule has 0 saturated heterocycles. The average molecular weight is 475 g/mol. The van der Waals surface area contributed by atoms with Crippen LogP contribution in [0.1, 0.15) is 23.1 Å². The topological polar surface area (TPSA) is 66.9 Å². The molecule has 1 aliphatic heterocycles. The minimum Gasteiger partial charge on any atom is -0.481 e. The van der Waals surface area contributed by atoms with Crippen molar-refractivity contribution in [2.45, 2.75) is 19.1 Å². The molecule has 3 aromatic carbocycles. The van der Waals surface area contributed by atoms with Gasteiger partial charge in [-0.3, -0.25) is 9.79 Å². The molecular formula is C27H20F3N3O2. The zero-order chi connectivity index (χ0) is 24.6. The molecule has 35 heavy (non-hydrogen) atoms. The van der Waals surface area contributed by atoms with Gasteiger partial charge in [0.05, 0.1) is 24.2 Å². The van der Waals surface area contributed by atoms with Crippen LogP contribution >= 0.6 is 0 Å². The number of fused-ring (bicyclic) bond motifs is 1. The van der Waals surface area contributed by atoms with Gasteiger partial charge in [-0.05, 0) is 53.1 Å². The number of aryl methyl sites for hydroxylation is 1. The molecule has 5 nitrogen and oxygen atoms in total. The lowest BCUT2D eigenvalue weighted by Gasteiger charge is -2.14. The van der Waals surface area contributed by atoms with Crippen molar-refractivity contribution in [2.75, 3.05) is 6.54 Å². The summed E-state index contributed by atoms with van der Waals surface area (Å²) in [6.45, 7) is 0.645. The third-order valence-corrected chi connectivity index (χ3v) is 5.96. The molecule has 0 fully saturated rings. The Morgan fingerprint density at radius 2 is 1.71 bits per heavy atom. The van der Waals surface area contributed by atoms with Crippen molar-refractivity contribution < 1.29 is 23.1 Å². The van der Waals surface area contributed by atoms with Crippen molar-refractivity contribution in [3.05, 3.63) is 95.7 Å². The van der Waals surface area contributed by atoms with E-state index in [2.05, 4.69) is 9.98 Å². The Hall–Kier alpha value is -4.20. The van der Waals surface area contributed by atoms with E-state index in [1.165, 1.54) is 12.1 Å². The number of hydrogen-bond donors (Lipinski definition) is 1. The van der Waals surface area contributed by atoms with Crippen LogP contribution in [0.15, 0.2) is 89.0 Å². The summed E-state index contributed by atoms with van der Waals surface area (Å²) in [5.74, 6) is -0.342. The van der Waals surface area contributed by atoms with Gasteiger partial charge in [0.25, 0.3) is 0 Å². The standard InChI is InChI=1S/C27H20F3N3O2/c28-27(29,30)22-8-6-18(15-21(22)17-4-2-1-3-5-17)23-16-31-26(32-23)20-7-9-24-19(14-20)10-12-33(24)13-11-25(34)35/h1-10,12,14-15H,11,13,16H2,(H,34,35). The summed E-state index contributed by atoms with van der Waals surface area (Å²) in [6.07, 6.45) is -2.60. The molecule has 8 heteroatoms. The number of aliphatic imine (C=N–C) groups is 2. The Morgan fingerprint density at radius 1 is 0.943 bits per heavy atom. The highest BCUT2D eigenvalue weighted by atomic mass is 19.4. The Balaban J connectivity index is 1.45. The Bertz CT molecular complexity index is 1480. The van der Waals surface area contributed by atoms with Crippen molar-refractivity contribution in [3.8, 4) is 11.1 Å². The van der Waals surface area contributed by atoms with E-state index in [4.69, 9.17) is 5.11 Å². The zero-order valence-electron chi connectivity index (χ0n) is 18.5. The summed E-state index contributed by atoms with van der Waals surface area (Å²) in [6, 6.07) is 20.2. The maximum atomic E-state index is 13.7. The van der Waals surface area contributed by atoms with E-state index in [1.54, 1.807) is 30.3 Å².